The molecule has 1 aromatic heterocycles. The molecule has 0 bridgehead atoms. The maximum atomic E-state index is 13.5. The summed E-state index contributed by atoms with van der Waals surface area (Å²) in [6.45, 7) is 7.84. The Kier molecular flexibility index (Phi) is 6.00. The summed E-state index contributed by atoms with van der Waals surface area (Å²) in [5.41, 5.74) is 6.75. The molecule has 4 rings (SSSR count). The molecule has 5 nitrogen and oxygen atoms in total. The number of rotatable bonds is 4. The Hall–Kier alpha value is -3.57. The smallest absolute Gasteiger partial charge is 0.340 e. The number of benzene rings is 2. The predicted molar refractivity (Wildman–Crippen MR) is 132 cm³/mol. The summed E-state index contributed by atoms with van der Waals surface area (Å²) >= 11 is 6.16. The highest BCUT2D eigenvalue weighted by molar-refractivity contribution is 6.31. The van der Waals surface area contributed by atoms with Gasteiger partial charge in [0.05, 0.1) is 23.9 Å². The van der Waals surface area contributed by atoms with Gasteiger partial charge in [-0.25, -0.2) is 4.79 Å². The molecule has 0 radical (unpaired) electrons. The van der Waals surface area contributed by atoms with E-state index in [1.165, 1.54) is 12.0 Å². The van der Waals surface area contributed by atoms with Gasteiger partial charge in [0.1, 0.15) is 0 Å². The van der Waals surface area contributed by atoms with Gasteiger partial charge in [0, 0.05) is 27.8 Å². The lowest BCUT2D eigenvalue weighted by molar-refractivity contribution is -0.136. The molecular weight excluding hydrogens is 436 g/mol. The quantitative estimate of drug-likeness (QED) is 0.358. The summed E-state index contributed by atoms with van der Waals surface area (Å²) in [7, 11) is 1.32. The number of nitrogens with zero attached hydrogens (tertiary/aromatic N) is 2. The monoisotopic (exact) mass is 460 g/mol. The molecule has 1 amide bonds. The van der Waals surface area contributed by atoms with Gasteiger partial charge in [-0.15, -0.1) is 0 Å². The van der Waals surface area contributed by atoms with Crippen molar-refractivity contribution in [2.45, 2.75) is 27.7 Å². The molecule has 0 atom stereocenters. The van der Waals surface area contributed by atoms with Crippen molar-refractivity contribution < 1.29 is 14.3 Å². The van der Waals surface area contributed by atoms with Crippen LogP contribution in [0.5, 0.6) is 0 Å². The Morgan fingerprint density at radius 1 is 1.00 bits per heavy atom. The van der Waals surface area contributed by atoms with E-state index in [0.29, 0.717) is 22.0 Å². The van der Waals surface area contributed by atoms with Gasteiger partial charge in [0.2, 0.25) is 0 Å². The first kappa shape index (κ1) is 22.6. The number of aryl methyl sites for hydroxylation is 2. The Labute approximate surface area is 198 Å². The summed E-state index contributed by atoms with van der Waals surface area (Å²) < 4.78 is 7.18. The van der Waals surface area contributed by atoms with Crippen molar-refractivity contribution in [1.82, 2.24) is 4.57 Å². The molecule has 0 saturated heterocycles. The number of para-hydroxylation sites is 1. The van der Waals surface area contributed by atoms with E-state index in [1.54, 1.807) is 37.3 Å². The second-order valence-corrected chi connectivity index (χ2v) is 8.52. The lowest BCUT2D eigenvalue weighted by atomic mass is 10.0. The SMILES string of the molecule is COC(=O)C1=C(C)N(c2cccc(Cl)c2)C(=O)/C1=C\c1cc(C)n(-c2ccccc2C)c1C. The number of allylic oxidation sites excluding steroid dienone is 1. The number of aromatic nitrogens is 1. The van der Waals surface area contributed by atoms with E-state index in [2.05, 4.69) is 23.6 Å². The summed E-state index contributed by atoms with van der Waals surface area (Å²) in [6, 6.07) is 17.2. The highest BCUT2D eigenvalue weighted by Crippen LogP contribution is 2.37. The second kappa shape index (κ2) is 8.75. The topological polar surface area (TPSA) is 51.5 Å². The zero-order valence-corrected chi connectivity index (χ0v) is 20.0. The number of amides is 1. The molecule has 6 heteroatoms. The highest BCUT2D eigenvalue weighted by Gasteiger charge is 2.38. The molecule has 3 aromatic rings. The van der Waals surface area contributed by atoms with Crippen LogP contribution in [0.15, 0.2) is 71.4 Å². The number of hydrogen-bond donors (Lipinski definition) is 0. The molecule has 0 aliphatic carbocycles. The molecule has 0 fully saturated rings. The number of carbonyl (C=O) groups is 2. The standard InChI is InChI=1S/C27H25ClN2O3/c1-16-9-6-7-12-24(16)29-17(2)13-20(18(29)3)14-23-25(27(32)33-5)19(4)30(26(23)31)22-11-8-10-21(28)15-22/h6-15H,1-5H3/b23-14-. The molecule has 1 aliphatic rings. The van der Waals surface area contributed by atoms with Crippen LogP contribution in [0.3, 0.4) is 0 Å². The van der Waals surface area contributed by atoms with Gasteiger partial charge in [-0.05, 0) is 75.2 Å². The van der Waals surface area contributed by atoms with Gasteiger partial charge >= 0.3 is 5.97 Å². The van der Waals surface area contributed by atoms with Crippen LogP contribution in [0.1, 0.15) is 29.4 Å². The molecule has 2 heterocycles. The average molecular weight is 461 g/mol. The third-order valence-corrected chi connectivity index (χ3v) is 6.22. The third-order valence-electron chi connectivity index (χ3n) is 5.98. The minimum absolute atomic E-state index is 0.253. The number of esters is 1. The average Bonchev–Trinajstić information content (AvgIpc) is 3.20. The lowest BCUT2D eigenvalue weighted by Crippen LogP contribution is -2.24. The van der Waals surface area contributed by atoms with Crippen LogP contribution in [0, 0.1) is 20.8 Å². The maximum Gasteiger partial charge on any atom is 0.340 e. The number of anilines is 1. The molecule has 0 unspecified atom stereocenters. The highest BCUT2D eigenvalue weighted by atomic mass is 35.5. The Morgan fingerprint density at radius 3 is 2.39 bits per heavy atom. The van der Waals surface area contributed by atoms with Crippen LogP contribution < -0.4 is 4.90 Å². The Morgan fingerprint density at radius 2 is 1.73 bits per heavy atom. The molecular formula is C27H25ClN2O3. The Bertz CT molecular complexity index is 1350. The van der Waals surface area contributed by atoms with Crippen LogP contribution in [0.4, 0.5) is 5.69 Å². The van der Waals surface area contributed by atoms with Crippen molar-refractivity contribution in [1.29, 1.82) is 0 Å². The van der Waals surface area contributed by atoms with Crippen molar-refractivity contribution in [3.63, 3.8) is 0 Å². The van der Waals surface area contributed by atoms with E-state index in [1.807, 2.05) is 32.0 Å². The van der Waals surface area contributed by atoms with E-state index in [4.69, 9.17) is 16.3 Å². The fourth-order valence-electron chi connectivity index (χ4n) is 4.38. The summed E-state index contributed by atoms with van der Waals surface area (Å²) in [5.74, 6) is -0.847. The third kappa shape index (κ3) is 3.89. The molecule has 0 saturated carbocycles. The van der Waals surface area contributed by atoms with Gasteiger partial charge in [-0.2, -0.15) is 0 Å². The van der Waals surface area contributed by atoms with E-state index in [-0.39, 0.29) is 11.5 Å². The van der Waals surface area contributed by atoms with Gasteiger partial charge in [-0.1, -0.05) is 35.9 Å². The lowest BCUT2D eigenvalue weighted by Gasteiger charge is -2.18. The molecule has 0 spiro atoms. The van der Waals surface area contributed by atoms with Crippen molar-refractivity contribution in [2.24, 2.45) is 0 Å². The first-order valence-electron chi connectivity index (χ1n) is 10.6. The second-order valence-electron chi connectivity index (χ2n) is 8.08. The number of methoxy groups -OCH3 is 1. The van der Waals surface area contributed by atoms with Crippen molar-refractivity contribution in [2.75, 3.05) is 12.0 Å². The zero-order chi connectivity index (χ0) is 23.9. The first-order valence-corrected chi connectivity index (χ1v) is 11.0. The van der Waals surface area contributed by atoms with Gasteiger partial charge < -0.3 is 9.30 Å². The van der Waals surface area contributed by atoms with Crippen LogP contribution in [0.25, 0.3) is 11.8 Å². The van der Waals surface area contributed by atoms with E-state index < -0.39 is 5.97 Å². The first-order chi connectivity index (χ1) is 15.7. The fraction of sp³-hybridized carbons (Fsp3) is 0.185. The van der Waals surface area contributed by atoms with Crippen LogP contribution >= 0.6 is 11.6 Å². The maximum absolute atomic E-state index is 13.5. The van der Waals surface area contributed by atoms with Crippen molar-refractivity contribution >= 4 is 35.2 Å². The molecule has 33 heavy (non-hydrogen) atoms. The van der Waals surface area contributed by atoms with Gasteiger partial charge in [-0.3, -0.25) is 9.69 Å². The van der Waals surface area contributed by atoms with Crippen LogP contribution in [-0.2, 0) is 14.3 Å². The van der Waals surface area contributed by atoms with Crippen molar-refractivity contribution in [3.8, 4) is 5.69 Å². The van der Waals surface area contributed by atoms with E-state index in [9.17, 15) is 9.59 Å². The largest absolute Gasteiger partial charge is 0.465 e. The zero-order valence-electron chi connectivity index (χ0n) is 19.3. The molecule has 0 N–H and O–H groups in total. The number of ether oxygens (including phenoxy) is 1. The predicted octanol–water partition coefficient (Wildman–Crippen LogP) is 5.93. The van der Waals surface area contributed by atoms with Crippen LogP contribution in [0.2, 0.25) is 5.02 Å². The number of hydrogen-bond acceptors (Lipinski definition) is 3. The normalized spacial score (nSPS) is 15.0. The van der Waals surface area contributed by atoms with Gasteiger partial charge in [0.25, 0.3) is 5.91 Å². The molecule has 1 aliphatic heterocycles. The van der Waals surface area contributed by atoms with Crippen LogP contribution in [-0.4, -0.2) is 23.6 Å². The van der Waals surface area contributed by atoms with Crippen molar-refractivity contribution in [3.05, 3.63) is 99.0 Å². The summed E-state index contributed by atoms with van der Waals surface area (Å²) in [6.07, 6.45) is 1.78. The van der Waals surface area contributed by atoms with Gasteiger partial charge in [0.15, 0.2) is 0 Å². The number of carbonyl (C=O) groups excluding carboxylic acids is 2. The summed E-state index contributed by atoms with van der Waals surface area (Å²) in [5, 5.41) is 0.506. The van der Waals surface area contributed by atoms with E-state index >= 15 is 0 Å². The minimum Gasteiger partial charge on any atom is -0.465 e. The minimum atomic E-state index is -0.552. The molecule has 168 valence electrons. The van der Waals surface area contributed by atoms with E-state index in [0.717, 1.165) is 28.2 Å². The fourth-order valence-corrected chi connectivity index (χ4v) is 4.56. The Balaban J connectivity index is 1.87. The number of halogens is 1. The summed E-state index contributed by atoms with van der Waals surface area (Å²) in [4.78, 5) is 27.8. The molecule has 2 aromatic carbocycles.